The van der Waals surface area contributed by atoms with E-state index in [4.69, 9.17) is 5.73 Å². The molecule has 1 heterocycles. The molecule has 0 spiro atoms. The van der Waals surface area contributed by atoms with Gasteiger partial charge in [0.2, 0.25) is 0 Å². The number of nitrogens with two attached hydrogens (primary N) is 1. The minimum atomic E-state index is -3.30. The van der Waals surface area contributed by atoms with Gasteiger partial charge in [-0.2, -0.15) is 12.7 Å². The van der Waals surface area contributed by atoms with Crippen LogP contribution in [0.3, 0.4) is 0 Å². The molecule has 0 radical (unpaired) electrons. The Hall–Kier alpha value is -0.170. The molecule has 1 saturated heterocycles. The summed E-state index contributed by atoms with van der Waals surface area (Å²) in [7, 11) is -3.30. The van der Waals surface area contributed by atoms with E-state index >= 15 is 0 Å². The van der Waals surface area contributed by atoms with Crippen molar-refractivity contribution in [3.05, 3.63) is 0 Å². The largest absolute Gasteiger partial charge is 0.330 e. The molecule has 1 aliphatic carbocycles. The lowest BCUT2D eigenvalue weighted by Crippen LogP contribution is -2.47. The minimum absolute atomic E-state index is 0.408. The van der Waals surface area contributed by atoms with Crippen LogP contribution in [-0.4, -0.2) is 38.9 Å². The molecule has 3 N–H and O–H groups in total. The third kappa shape index (κ3) is 4.16. The van der Waals surface area contributed by atoms with Crippen molar-refractivity contribution >= 4 is 10.2 Å². The molecular weight excluding hydrogens is 274 g/mol. The van der Waals surface area contributed by atoms with Crippen molar-refractivity contribution in [1.29, 1.82) is 0 Å². The molecule has 0 amide bonds. The van der Waals surface area contributed by atoms with Gasteiger partial charge in [-0.15, -0.1) is 0 Å². The normalized spacial score (nSPS) is 33.2. The quantitative estimate of drug-likeness (QED) is 0.804. The zero-order chi connectivity index (χ0) is 14.6. The Morgan fingerprint density at radius 1 is 1.15 bits per heavy atom. The van der Waals surface area contributed by atoms with Crippen molar-refractivity contribution in [2.75, 3.05) is 26.2 Å². The second-order valence-electron chi connectivity index (χ2n) is 6.50. The van der Waals surface area contributed by atoms with Crippen molar-refractivity contribution < 1.29 is 8.42 Å². The van der Waals surface area contributed by atoms with E-state index in [1.807, 2.05) is 0 Å². The summed E-state index contributed by atoms with van der Waals surface area (Å²) >= 11 is 0. The van der Waals surface area contributed by atoms with Crippen LogP contribution in [0.25, 0.3) is 0 Å². The van der Waals surface area contributed by atoms with Gasteiger partial charge in [-0.25, -0.2) is 4.72 Å². The molecule has 2 fully saturated rings. The van der Waals surface area contributed by atoms with Crippen LogP contribution in [-0.2, 0) is 10.2 Å². The molecule has 0 aromatic rings. The smallest absolute Gasteiger partial charge is 0.279 e. The van der Waals surface area contributed by atoms with E-state index in [0.29, 0.717) is 43.9 Å². The van der Waals surface area contributed by atoms with Gasteiger partial charge >= 0.3 is 0 Å². The van der Waals surface area contributed by atoms with Crippen molar-refractivity contribution in [3.8, 4) is 0 Å². The highest BCUT2D eigenvalue weighted by molar-refractivity contribution is 7.87. The van der Waals surface area contributed by atoms with Crippen LogP contribution >= 0.6 is 0 Å². The molecule has 0 aromatic carbocycles. The van der Waals surface area contributed by atoms with Crippen LogP contribution in [0.15, 0.2) is 0 Å². The van der Waals surface area contributed by atoms with E-state index in [-0.39, 0.29) is 0 Å². The fourth-order valence-corrected chi connectivity index (χ4v) is 4.96. The van der Waals surface area contributed by atoms with Gasteiger partial charge in [0.25, 0.3) is 10.2 Å². The number of rotatable bonds is 5. The Balaban J connectivity index is 1.88. The van der Waals surface area contributed by atoms with Crippen LogP contribution in [0.4, 0.5) is 0 Å². The van der Waals surface area contributed by atoms with Crippen LogP contribution in [0.1, 0.15) is 45.4 Å². The summed E-state index contributed by atoms with van der Waals surface area (Å²) in [6.07, 6.45) is 6.77. The molecule has 20 heavy (non-hydrogen) atoms. The van der Waals surface area contributed by atoms with Crippen molar-refractivity contribution in [3.63, 3.8) is 0 Å². The SMILES string of the molecule is CC1CCCN(S(=O)(=O)NCC2CCCCC2CN)C1. The summed E-state index contributed by atoms with van der Waals surface area (Å²) in [5.74, 6) is 1.35. The third-order valence-electron chi connectivity index (χ3n) is 4.86. The lowest BCUT2D eigenvalue weighted by molar-refractivity contribution is 0.239. The topological polar surface area (TPSA) is 75.4 Å². The van der Waals surface area contributed by atoms with Crippen molar-refractivity contribution in [2.24, 2.45) is 23.5 Å². The van der Waals surface area contributed by atoms with Crippen molar-refractivity contribution in [2.45, 2.75) is 45.4 Å². The van der Waals surface area contributed by atoms with Gasteiger partial charge in [-0.1, -0.05) is 19.8 Å². The first kappa shape index (κ1) is 16.2. The average Bonchev–Trinajstić information content (AvgIpc) is 2.45. The first-order valence-electron chi connectivity index (χ1n) is 7.97. The molecule has 5 nitrogen and oxygen atoms in total. The molecular formula is C14H29N3O2S. The number of nitrogens with zero attached hydrogens (tertiary/aromatic N) is 1. The van der Waals surface area contributed by atoms with E-state index in [1.165, 1.54) is 12.8 Å². The summed E-state index contributed by atoms with van der Waals surface area (Å²) in [5.41, 5.74) is 5.81. The third-order valence-corrected chi connectivity index (χ3v) is 6.40. The fourth-order valence-electron chi connectivity index (χ4n) is 3.53. The summed E-state index contributed by atoms with van der Waals surface area (Å²) in [4.78, 5) is 0. The van der Waals surface area contributed by atoms with E-state index < -0.39 is 10.2 Å². The van der Waals surface area contributed by atoms with Gasteiger partial charge in [-0.05, 0) is 50.0 Å². The summed E-state index contributed by atoms with van der Waals surface area (Å²) < 4.78 is 29.1. The van der Waals surface area contributed by atoms with E-state index in [9.17, 15) is 8.42 Å². The van der Waals surface area contributed by atoms with Crippen molar-refractivity contribution in [1.82, 2.24) is 9.03 Å². The van der Waals surface area contributed by atoms with Gasteiger partial charge < -0.3 is 5.73 Å². The molecule has 1 aliphatic heterocycles. The minimum Gasteiger partial charge on any atom is -0.330 e. The molecule has 2 aliphatic rings. The number of hydrogen-bond donors (Lipinski definition) is 2. The number of nitrogens with one attached hydrogen (secondary N) is 1. The Morgan fingerprint density at radius 2 is 1.85 bits per heavy atom. The fraction of sp³-hybridized carbons (Fsp3) is 1.00. The summed E-state index contributed by atoms with van der Waals surface area (Å²) in [5, 5.41) is 0. The highest BCUT2D eigenvalue weighted by Crippen LogP contribution is 2.29. The van der Waals surface area contributed by atoms with Crippen LogP contribution in [0.5, 0.6) is 0 Å². The monoisotopic (exact) mass is 303 g/mol. The zero-order valence-electron chi connectivity index (χ0n) is 12.6. The summed E-state index contributed by atoms with van der Waals surface area (Å²) in [6.45, 7) is 4.65. The van der Waals surface area contributed by atoms with Gasteiger partial charge in [0.1, 0.15) is 0 Å². The first-order chi connectivity index (χ1) is 9.53. The van der Waals surface area contributed by atoms with E-state index in [2.05, 4.69) is 11.6 Å². The van der Waals surface area contributed by atoms with Gasteiger partial charge in [0.05, 0.1) is 0 Å². The van der Waals surface area contributed by atoms with E-state index in [1.54, 1.807) is 4.31 Å². The molecule has 118 valence electrons. The number of hydrogen-bond acceptors (Lipinski definition) is 3. The van der Waals surface area contributed by atoms with Gasteiger partial charge in [0, 0.05) is 19.6 Å². The van der Waals surface area contributed by atoms with Crippen LogP contribution in [0, 0.1) is 17.8 Å². The second-order valence-corrected chi connectivity index (χ2v) is 8.25. The maximum absolute atomic E-state index is 12.4. The highest BCUT2D eigenvalue weighted by atomic mass is 32.2. The summed E-state index contributed by atoms with van der Waals surface area (Å²) in [6, 6.07) is 0. The van der Waals surface area contributed by atoms with Crippen LogP contribution in [0.2, 0.25) is 0 Å². The molecule has 6 heteroatoms. The maximum Gasteiger partial charge on any atom is 0.279 e. The Bertz CT molecular complexity index is 399. The number of piperidine rings is 1. The average molecular weight is 303 g/mol. The Labute approximate surface area is 123 Å². The Morgan fingerprint density at radius 3 is 2.50 bits per heavy atom. The van der Waals surface area contributed by atoms with E-state index in [0.717, 1.165) is 25.7 Å². The second kappa shape index (κ2) is 7.20. The standard InChI is InChI=1S/C14H29N3O2S/c1-12-5-4-8-17(11-12)20(18,19)16-10-14-7-3-2-6-13(14)9-15/h12-14,16H,2-11,15H2,1H3. The Kier molecular flexibility index (Phi) is 5.84. The molecule has 0 aromatic heterocycles. The van der Waals surface area contributed by atoms with Gasteiger partial charge in [-0.3, -0.25) is 0 Å². The first-order valence-corrected chi connectivity index (χ1v) is 9.41. The lowest BCUT2D eigenvalue weighted by atomic mass is 9.79. The molecule has 0 bridgehead atoms. The molecule has 3 unspecified atom stereocenters. The maximum atomic E-state index is 12.4. The van der Waals surface area contributed by atoms with Crippen LogP contribution < -0.4 is 10.5 Å². The predicted molar refractivity (Wildman–Crippen MR) is 81.4 cm³/mol. The lowest BCUT2D eigenvalue weighted by Gasteiger charge is -2.33. The molecule has 1 saturated carbocycles. The molecule has 3 atom stereocenters. The van der Waals surface area contributed by atoms with Gasteiger partial charge in [0.15, 0.2) is 0 Å². The predicted octanol–water partition coefficient (Wildman–Crippen LogP) is 1.32. The highest BCUT2D eigenvalue weighted by Gasteiger charge is 2.29. The zero-order valence-corrected chi connectivity index (χ0v) is 13.4. The molecule has 2 rings (SSSR count).